The molecule has 0 aromatic carbocycles. The third-order valence-corrected chi connectivity index (χ3v) is 2.67. The quantitative estimate of drug-likeness (QED) is 0.354. The van der Waals surface area contributed by atoms with Gasteiger partial charge in [-0.15, -0.1) is 11.3 Å². The van der Waals surface area contributed by atoms with Gasteiger partial charge in [-0.25, -0.2) is 9.59 Å². The molecule has 0 amide bonds. The number of anilines is 1. The lowest BCUT2D eigenvalue weighted by Crippen LogP contribution is -2.16. The molecular formula is C11H13NO5S. The Hall–Kier alpha value is -2.02. The van der Waals surface area contributed by atoms with Crippen molar-refractivity contribution in [1.29, 1.82) is 0 Å². The van der Waals surface area contributed by atoms with Crippen molar-refractivity contribution in [3.8, 4) is 5.75 Å². The van der Waals surface area contributed by atoms with Gasteiger partial charge in [0.05, 0.1) is 19.4 Å². The van der Waals surface area contributed by atoms with Crippen molar-refractivity contribution in [3.05, 3.63) is 22.5 Å². The SMILES string of the molecule is CCOC(=O)/C(=C/Nc1cscc1OC)C(=O)O. The highest BCUT2D eigenvalue weighted by Gasteiger charge is 2.18. The van der Waals surface area contributed by atoms with Gasteiger partial charge in [0.25, 0.3) is 0 Å². The van der Waals surface area contributed by atoms with Crippen molar-refractivity contribution in [2.24, 2.45) is 0 Å². The second-order valence-corrected chi connectivity index (χ2v) is 3.83. The smallest absolute Gasteiger partial charge is 0.347 e. The summed E-state index contributed by atoms with van der Waals surface area (Å²) in [4.78, 5) is 22.3. The van der Waals surface area contributed by atoms with Crippen molar-refractivity contribution in [2.75, 3.05) is 19.0 Å². The van der Waals surface area contributed by atoms with Gasteiger partial charge in [0.15, 0.2) is 11.3 Å². The summed E-state index contributed by atoms with van der Waals surface area (Å²) < 4.78 is 9.68. The standard InChI is InChI=1S/C11H13NO5S/c1-3-17-11(15)7(10(13)14)4-12-8-5-18-6-9(8)16-2/h4-6,12H,3H2,1-2H3,(H,13,14)/b7-4+. The predicted molar refractivity (Wildman–Crippen MR) is 66.8 cm³/mol. The molecule has 0 aliphatic heterocycles. The summed E-state index contributed by atoms with van der Waals surface area (Å²) in [5.41, 5.74) is 0.121. The molecule has 0 fully saturated rings. The fourth-order valence-electron chi connectivity index (χ4n) is 1.12. The van der Waals surface area contributed by atoms with Gasteiger partial charge < -0.3 is 19.9 Å². The molecule has 1 rings (SSSR count). The largest absolute Gasteiger partial charge is 0.494 e. The van der Waals surface area contributed by atoms with E-state index in [1.165, 1.54) is 18.4 Å². The van der Waals surface area contributed by atoms with Gasteiger partial charge in [0, 0.05) is 17.0 Å². The monoisotopic (exact) mass is 271 g/mol. The van der Waals surface area contributed by atoms with E-state index in [0.717, 1.165) is 6.20 Å². The minimum Gasteiger partial charge on any atom is -0.494 e. The lowest BCUT2D eigenvalue weighted by atomic mass is 10.3. The first kappa shape index (κ1) is 14.0. The van der Waals surface area contributed by atoms with Gasteiger partial charge in [0.2, 0.25) is 0 Å². The molecule has 0 radical (unpaired) electrons. The molecule has 0 spiro atoms. The van der Waals surface area contributed by atoms with Crippen molar-refractivity contribution >= 4 is 29.0 Å². The molecule has 6 nitrogen and oxygen atoms in total. The lowest BCUT2D eigenvalue weighted by molar-refractivity contribution is -0.143. The van der Waals surface area contributed by atoms with Crippen LogP contribution in [-0.2, 0) is 14.3 Å². The molecule has 7 heteroatoms. The first-order valence-electron chi connectivity index (χ1n) is 5.07. The number of hydrogen-bond acceptors (Lipinski definition) is 6. The Bertz CT molecular complexity index is 466. The van der Waals surface area contributed by atoms with Crippen LogP contribution in [0.15, 0.2) is 22.5 Å². The molecule has 0 aliphatic carbocycles. The van der Waals surface area contributed by atoms with Crippen LogP contribution in [0.25, 0.3) is 0 Å². The van der Waals surface area contributed by atoms with Crippen molar-refractivity contribution in [3.63, 3.8) is 0 Å². The number of carboxylic acid groups (broad SMARTS) is 1. The summed E-state index contributed by atoms with van der Waals surface area (Å²) >= 11 is 1.39. The van der Waals surface area contributed by atoms with Gasteiger partial charge in [-0.3, -0.25) is 0 Å². The number of hydrogen-bond donors (Lipinski definition) is 2. The minimum absolute atomic E-state index is 0.116. The molecule has 0 saturated heterocycles. The predicted octanol–water partition coefficient (Wildman–Crippen LogP) is 1.70. The second-order valence-electron chi connectivity index (χ2n) is 3.08. The van der Waals surface area contributed by atoms with Crippen LogP contribution in [0, 0.1) is 0 Å². The van der Waals surface area contributed by atoms with Gasteiger partial charge in [-0.05, 0) is 6.92 Å². The summed E-state index contributed by atoms with van der Waals surface area (Å²) in [6.07, 6.45) is 1.09. The maximum atomic E-state index is 11.4. The van der Waals surface area contributed by atoms with E-state index in [1.54, 1.807) is 17.7 Å². The maximum absolute atomic E-state index is 11.4. The van der Waals surface area contributed by atoms with E-state index >= 15 is 0 Å². The van der Waals surface area contributed by atoms with Crippen LogP contribution in [0.2, 0.25) is 0 Å². The Kier molecular flexibility index (Phi) is 5.19. The number of rotatable bonds is 6. The number of thiophene rings is 1. The van der Waals surface area contributed by atoms with Crippen LogP contribution < -0.4 is 10.1 Å². The van der Waals surface area contributed by atoms with Crippen LogP contribution >= 0.6 is 11.3 Å². The number of methoxy groups -OCH3 is 1. The van der Waals surface area contributed by atoms with E-state index in [0.29, 0.717) is 11.4 Å². The topological polar surface area (TPSA) is 84.9 Å². The molecule has 98 valence electrons. The molecule has 0 atom stereocenters. The molecule has 1 aromatic heterocycles. The van der Waals surface area contributed by atoms with Crippen LogP contribution in [0.1, 0.15) is 6.92 Å². The number of esters is 1. The Labute approximate surface area is 108 Å². The van der Waals surface area contributed by atoms with E-state index < -0.39 is 17.5 Å². The Morgan fingerprint density at radius 1 is 1.50 bits per heavy atom. The molecule has 1 heterocycles. The van der Waals surface area contributed by atoms with Crippen LogP contribution in [-0.4, -0.2) is 30.8 Å². The van der Waals surface area contributed by atoms with Gasteiger partial charge in [0.1, 0.15) is 0 Å². The van der Waals surface area contributed by atoms with Gasteiger partial charge >= 0.3 is 11.9 Å². The Balaban J connectivity index is 2.84. The van der Waals surface area contributed by atoms with E-state index in [-0.39, 0.29) is 6.61 Å². The summed E-state index contributed by atoms with van der Waals surface area (Å²) in [5.74, 6) is -1.66. The van der Waals surface area contributed by atoms with Gasteiger partial charge in [-0.2, -0.15) is 0 Å². The molecule has 0 bridgehead atoms. The molecule has 0 unspecified atom stereocenters. The number of aliphatic carboxylic acids is 1. The number of carboxylic acids is 1. The van der Waals surface area contributed by atoms with E-state index in [9.17, 15) is 9.59 Å². The Morgan fingerprint density at radius 2 is 2.22 bits per heavy atom. The van der Waals surface area contributed by atoms with Gasteiger partial charge in [-0.1, -0.05) is 0 Å². The molecule has 0 aliphatic rings. The van der Waals surface area contributed by atoms with E-state index in [1.807, 2.05) is 0 Å². The fraction of sp³-hybridized carbons (Fsp3) is 0.273. The van der Waals surface area contributed by atoms with E-state index in [4.69, 9.17) is 9.84 Å². The number of carbonyl (C=O) groups excluding carboxylic acids is 1. The van der Waals surface area contributed by atoms with Crippen LogP contribution in [0.5, 0.6) is 5.75 Å². The highest BCUT2D eigenvalue weighted by Crippen LogP contribution is 2.28. The molecule has 1 aromatic rings. The number of carbonyl (C=O) groups is 2. The third kappa shape index (κ3) is 3.49. The fourth-order valence-corrected chi connectivity index (χ4v) is 1.85. The summed E-state index contributed by atoms with van der Waals surface area (Å²) in [7, 11) is 1.50. The number of ether oxygens (including phenoxy) is 2. The zero-order valence-corrected chi connectivity index (χ0v) is 10.7. The summed E-state index contributed by atoms with van der Waals surface area (Å²) in [5, 5.41) is 15.1. The third-order valence-electron chi connectivity index (χ3n) is 1.94. The van der Waals surface area contributed by atoms with Crippen molar-refractivity contribution in [1.82, 2.24) is 0 Å². The van der Waals surface area contributed by atoms with Crippen molar-refractivity contribution in [2.45, 2.75) is 6.92 Å². The average Bonchev–Trinajstić information content (AvgIpc) is 2.76. The highest BCUT2D eigenvalue weighted by molar-refractivity contribution is 7.08. The first-order chi connectivity index (χ1) is 8.60. The minimum atomic E-state index is -1.35. The number of nitrogens with one attached hydrogen (secondary N) is 1. The maximum Gasteiger partial charge on any atom is 0.347 e. The summed E-state index contributed by atoms with van der Waals surface area (Å²) in [6.45, 7) is 1.72. The highest BCUT2D eigenvalue weighted by atomic mass is 32.1. The van der Waals surface area contributed by atoms with Crippen molar-refractivity contribution < 1.29 is 24.2 Å². The zero-order chi connectivity index (χ0) is 13.5. The molecule has 18 heavy (non-hydrogen) atoms. The summed E-state index contributed by atoms with van der Waals surface area (Å²) in [6, 6.07) is 0. The van der Waals surface area contributed by atoms with Crippen LogP contribution in [0.4, 0.5) is 5.69 Å². The molecule has 0 saturated carbocycles. The lowest BCUT2D eigenvalue weighted by Gasteiger charge is -2.05. The zero-order valence-electron chi connectivity index (χ0n) is 9.93. The van der Waals surface area contributed by atoms with Crippen LogP contribution in [0.3, 0.4) is 0 Å². The van der Waals surface area contributed by atoms with E-state index in [2.05, 4.69) is 10.1 Å². The molecular weight excluding hydrogens is 258 g/mol. The normalized spacial score (nSPS) is 10.9. The second kappa shape index (κ2) is 6.65. The Morgan fingerprint density at radius 3 is 2.78 bits per heavy atom. The molecule has 2 N–H and O–H groups in total. The first-order valence-corrected chi connectivity index (χ1v) is 6.01. The average molecular weight is 271 g/mol.